The Balaban J connectivity index is 1.72. The van der Waals surface area contributed by atoms with Crippen molar-refractivity contribution in [2.75, 3.05) is 0 Å². The molecule has 130 valence electrons. The topological polar surface area (TPSA) is 64.7 Å². The van der Waals surface area contributed by atoms with Gasteiger partial charge in [0.05, 0.1) is 10.6 Å². The molecule has 0 amide bonds. The third-order valence-electron chi connectivity index (χ3n) is 3.40. The Hall–Kier alpha value is -2.89. The smallest absolute Gasteiger partial charge is 0.288 e. The van der Waals surface area contributed by atoms with Gasteiger partial charge in [0.2, 0.25) is 0 Å². The molecule has 3 rings (SSSR count). The highest BCUT2D eigenvalue weighted by atomic mass is 35.5. The molecule has 0 spiro atoms. The lowest BCUT2D eigenvalue weighted by Crippen LogP contribution is -1.91. The van der Waals surface area contributed by atoms with Crippen LogP contribution in [-0.2, 0) is 0 Å². The van der Waals surface area contributed by atoms with Crippen LogP contribution < -0.4 is 4.74 Å². The van der Waals surface area contributed by atoms with Crippen LogP contribution in [0.5, 0.6) is 11.5 Å². The predicted molar refractivity (Wildman–Crippen MR) is 103 cm³/mol. The monoisotopic (exact) mass is 386 g/mol. The second-order valence-corrected chi connectivity index (χ2v) is 6.12. The Kier molecular flexibility index (Phi) is 5.51. The maximum Gasteiger partial charge on any atom is 0.288 e. The molecule has 0 aliphatic carbocycles. The molecule has 0 N–H and O–H groups in total. The number of nitro benzene ring substituents is 1. The van der Waals surface area contributed by atoms with Crippen molar-refractivity contribution < 1.29 is 9.66 Å². The number of hydrogen-bond acceptors (Lipinski definition) is 4. The van der Waals surface area contributed by atoms with E-state index in [1.807, 2.05) is 12.1 Å². The fourth-order valence-corrected chi connectivity index (χ4v) is 2.53. The summed E-state index contributed by atoms with van der Waals surface area (Å²) in [7, 11) is 0. The summed E-state index contributed by atoms with van der Waals surface area (Å²) in [5, 5.41) is 11.6. The first kappa shape index (κ1) is 17.9. The molecule has 0 unspecified atom stereocenters. The molecule has 3 aromatic carbocycles. The Morgan fingerprint density at radius 1 is 0.962 bits per heavy atom. The Bertz CT molecular complexity index is 973. The van der Waals surface area contributed by atoms with Gasteiger partial charge in [-0.1, -0.05) is 35.3 Å². The molecule has 0 radical (unpaired) electrons. The van der Waals surface area contributed by atoms with Crippen molar-refractivity contribution in [1.29, 1.82) is 0 Å². The Morgan fingerprint density at radius 2 is 1.73 bits per heavy atom. The summed E-state index contributed by atoms with van der Waals surface area (Å²) in [6, 6.07) is 18.7. The number of nitro groups is 1. The van der Waals surface area contributed by atoms with Gasteiger partial charge in [0.15, 0.2) is 0 Å². The summed E-state index contributed by atoms with van der Waals surface area (Å²) in [5.41, 5.74) is 1.11. The normalized spacial score (nSPS) is 10.8. The highest BCUT2D eigenvalue weighted by Crippen LogP contribution is 2.27. The third kappa shape index (κ3) is 4.59. The van der Waals surface area contributed by atoms with Gasteiger partial charge in [0, 0.05) is 17.3 Å². The summed E-state index contributed by atoms with van der Waals surface area (Å²) in [4.78, 5) is 14.7. The molecule has 0 atom stereocenters. The molecule has 26 heavy (non-hydrogen) atoms. The Labute approximate surface area is 159 Å². The van der Waals surface area contributed by atoms with Crippen LogP contribution in [0.25, 0.3) is 0 Å². The summed E-state index contributed by atoms with van der Waals surface area (Å²) < 4.78 is 5.71. The SMILES string of the molecule is O=[N+]([O-])c1cc(C=Nc2ccc(Oc3cccc(Cl)c3)cc2)ccc1Cl. The fourth-order valence-electron chi connectivity index (χ4n) is 2.17. The summed E-state index contributed by atoms with van der Waals surface area (Å²) in [6.07, 6.45) is 1.54. The molecule has 3 aromatic rings. The van der Waals surface area contributed by atoms with Gasteiger partial charge < -0.3 is 4.74 Å². The molecular weight excluding hydrogens is 375 g/mol. The minimum absolute atomic E-state index is 0.0923. The lowest BCUT2D eigenvalue weighted by molar-refractivity contribution is -0.384. The van der Waals surface area contributed by atoms with Crippen molar-refractivity contribution in [3.63, 3.8) is 0 Å². The summed E-state index contributed by atoms with van der Waals surface area (Å²) >= 11 is 11.7. The number of halogens is 2. The number of hydrogen-bond donors (Lipinski definition) is 0. The molecule has 0 bridgehead atoms. The summed E-state index contributed by atoms with van der Waals surface area (Å²) in [5.74, 6) is 1.29. The number of ether oxygens (including phenoxy) is 1. The van der Waals surface area contributed by atoms with Gasteiger partial charge >= 0.3 is 0 Å². The van der Waals surface area contributed by atoms with Crippen LogP contribution >= 0.6 is 23.2 Å². The van der Waals surface area contributed by atoms with Gasteiger partial charge in [-0.25, -0.2) is 0 Å². The minimum atomic E-state index is -0.526. The summed E-state index contributed by atoms with van der Waals surface area (Å²) in [6.45, 7) is 0. The first-order valence-electron chi connectivity index (χ1n) is 7.53. The largest absolute Gasteiger partial charge is 0.457 e. The van der Waals surface area contributed by atoms with Crippen LogP contribution in [0.4, 0.5) is 11.4 Å². The van der Waals surface area contributed by atoms with Crippen molar-refractivity contribution in [3.05, 3.63) is 92.5 Å². The van der Waals surface area contributed by atoms with Crippen LogP contribution in [0, 0.1) is 10.1 Å². The van der Waals surface area contributed by atoms with Crippen molar-refractivity contribution in [1.82, 2.24) is 0 Å². The Morgan fingerprint density at radius 3 is 2.42 bits per heavy atom. The molecule has 0 saturated carbocycles. The van der Waals surface area contributed by atoms with Gasteiger partial charge in [-0.3, -0.25) is 15.1 Å². The van der Waals surface area contributed by atoms with E-state index in [4.69, 9.17) is 27.9 Å². The standard InChI is InChI=1S/C19H12Cl2N2O3/c20-14-2-1-3-17(11-14)26-16-7-5-15(6-8-16)22-12-13-4-9-18(21)19(10-13)23(24)25/h1-12H. The van der Waals surface area contributed by atoms with E-state index in [1.165, 1.54) is 18.3 Å². The second-order valence-electron chi connectivity index (χ2n) is 5.28. The highest BCUT2D eigenvalue weighted by molar-refractivity contribution is 6.32. The zero-order valence-electron chi connectivity index (χ0n) is 13.3. The molecule has 0 aliphatic rings. The van der Waals surface area contributed by atoms with E-state index >= 15 is 0 Å². The van der Waals surface area contributed by atoms with Crippen molar-refractivity contribution in [2.45, 2.75) is 0 Å². The van der Waals surface area contributed by atoms with Gasteiger partial charge in [0.25, 0.3) is 5.69 Å². The average Bonchev–Trinajstić information content (AvgIpc) is 2.62. The van der Waals surface area contributed by atoms with Gasteiger partial charge in [-0.05, 0) is 54.1 Å². The van der Waals surface area contributed by atoms with Crippen LogP contribution in [0.15, 0.2) is 71.7 Å². The van der Waals surface area contributed by atoms with Gasteiger partial charge in [-0.2, -0.15) is 0 Å². The van der Waals surface area contributed by atoms with Gasteiger partial charge in [0.1, 0.15) is 16.5 Å². The fraction of sp³-hybridized carbons (Fsp3) is 0. The minimum Gasteiger partial charge on any atom is -0.457 e. The molecular formula is C19H12Cl2N2O3. The van der Waals surface area contributed by atoms with Crippen molar-refractivity contribution in [3.8, 4) is 11.5 Å². The van der Waals surface area contributed by atoms with Gasteiger partial charge in [-0.15, -0.1) is 0 Å². The van der Waals surface area contributed by atoms with E-state index in [0.29, 0.717) is 27.8 Å². The maximum atomic E-state index is 10.9. The van der Waals surface area contributed by atoms with E-state index in [9.17, 15) is 10.1 Å². The average molecular weight is 387 g/mol. The number of rotatable bonds is 5. The van der Waals surface area contributed by atoms with Crippen LogP contribution in [0.2, 0.25) is 10.0 Å². The first-order chi connectivity index (χ1) is 12.5. The van der Waals surface area contributed by atoms with Crippen molar-refractivity contribution in [2.24, 2.45) is 4.99 Å². The molecule has 0 fully saturated rings. The molecule has 0 aromatic heterocycles. The van der Waals surface area contributed by atoms with Crippen LogP contribution in [-0.4, -0.2) is 11.1 Å². The molecule has 5 nitrogen and oxygen atoms in total. The second kappa shape index (κ2) is 7.99. The predicted octanol–water partition coefficient (Wildman–Crippen LogP) is 6.44. The number of benzene rings is 3. The van der Waals surface area contributed by atoms with Crippen LogP contribution in [0.1, 0.15) is 5.56 Å². The number of nitrogens with zero attached hydrogens (tertiary/aromatic N) is 2. The maximum absolute atomic E-state index is 10.9. The van der Waals surface area contributed by atoms with E-state index in [0.717, 1.165) is 0 Å². The molecule has 0 heterocycles. The highest BCUT2D eigenvalue weighted by Gasteiger charge is 2.11. The molecule has 7 heteroatoms. The zero-order chi connectivity index (χ0) is 18.5. The van der Waals surface area contributed by atoms with E-state index in [-0.39, 0.29) is 10.7 Å². The van der Waals surface area contributed by atoms with Crippen molar-refractivity contribution >= 4 is 40.8 Å². The zero-order valence-corrected chi connectivity index (χ0v) is 14.8. The lowest BCUT2D eigenvalue weighted by atomic mass is 10.2. The first-order valence-corrected chi connectivity index (χ1v) is 8.28. The number of aliphatic imine (C=N–C) groups is 1. The van der Waals surface area contributed by atoms with E-state index < -0.39 is 4.92 Å². The van der Waals surface area contributed by atoms with Crippen LogP contribution in [0.3, 0.4) is 0 Å². The van der Waals surface area contributed by atoms with E-state index in [2.05, 4.69) is 4.99 Å². The molecule has 0 aliphatic heterocycles. The van der Waals surface area contributed by atoms with E-state index in [1.54, 1.807) is 42.5 Å². The quantitative estimate of drug-likeness (QED) is 0.287. The molecule has 0 saturated heterocycles. The lowest BCUT2D eigenvalue weighted by Gasteiger charge is -2.06. The third-order valence-corrected chi connectivity index (χ3v) is 3.95.